The Bertz CT molecular complexity index is 241. The van der Waals surface area contributed by atoms with Crippen LogP contribution < -0.4 is 5.32 Å². The molecule has 100 valence electrons. The van der Waals surface area contributed by atoms with Crippen LogP contribution in [-0.4, -0.2) is 36.2 Å². The van der Waals surface area contributed by atoms with Crippen molar-refractivity contribution in [1.82, 2.24) is 5.32 Å². The molecule has 1 unspecified atom stereocenters. The van der Waals surface area contributed by atoms with E-state index in [1.165, 1.54) is 0 Å². The molecule has 0 aromatic rings. The molecular weight excluding hydrogens is 222 g/mol. The van der Waals surface area contributed by atoms with Gasteiger partial charge in [0.25, 0.3) is 0 Å². The summed E-state index contributed by atoms with van der Waals surface area (Å²) < 4.78 is 5.47. The van der Waals surface area contributed by atoms with Gasteiger partial charge in [0.05, 0.1) is 19.1 Å². The van der Waals surface area contributed by atoms with Crippen molar-refractivity contribution in [3.05, 3.63) is 0 Å². The van der Waals surface area contributed by atoms with Gasteiger partial charge in [-0.25, -0.2) is 0 Å². The van der Waals surface area contributed by atoms with Gasteiger partial charge < -0.3 is 15.2 Å². The standard InChI is InChI=1S/C12H23NO4/c1-9(2)8-10(3)17-7-5-11(14)13-6-4-12(15)16/h9-10H,4-8H2,1-3H3,(H,13,14)(H,15,16). The van der Waals surface area contributed by atoms with Gasteiger partial charge in [-0.2, -0.15) is 0 Å². The summed E-state index contributed by atoms with van der Waals surface area (Å²) in [6.45, 7) is 6.79. The minimum atomic E-state index is -0.910. The quantitative estimate of drug-likeness (QED) is 0.644. The highest BCUT2D eigenvalue weighted by molar-refractivity contribution is 5.76. The molecule has 0 saturated carbocycles. The summed E-state index contributed by atoms with van der Waals surface area (Å²) >= 11 is 0. The molecule has 0 bridgehead atoms. The predicted octanol–water partition coefficient (Wildman–Crippen LogP) is 1.42. The van der Waals surface area contributed by atoms with E-state index in [2.05, 4.69) is 19.2 Å². The first-order valence-corrected chi connectivity index (χ1v) is 6.02. The van der Waals surface area contributed by atoms with Crippen LogP contribution in [-0.2, 0) is 14.3 Å². The molecular formula is C12H23NO4. The molecule has 0 heterocycles. The molecule has 5 nitrogen and oxygen atoms in total. The summed E-state index contributed by atoms with van der Waals surface area (Å²) in [4.78, 5) is 21.5. The second kappa shape index (κ2) is 8.98. The summed E-state index contributed by atoms with van der Waals surface area (Å²) in [6, 6.07) is 0. The predicted molar refractivity (Wildman–Crippen MR) is 64.7 cm³/mol. The molecule has 1 atom stereocenters. The van der Waals surface area contributed by atoms with Crippen LogP contribution in [0.25, 0.3) is 0 Å². The van der Waals surface area contributed by atoms with Crippen LogP contribution >= 0.6 is 0 Å². The molecule has 0 saturated heterocycles. The van der Waals surface area contributed by atoms with E-state index < -0.39 is 5.97 Å². The molecule has 0 fully saturated rings. The lowest BCUT2D eigenvalue weighted by Crippen LogP contribution is -2.27. The number of ether oxygens (including phenoxy) is 1. The van der Waals surface area contributed by atoms with Crippen molar-refractivity contribution in [1.29, 1.82) is 0 Å². The average Bonchev–Trinajstić information content (AvgIpc) is 2.15. The second-order valence-corrected chi connectivity index (χ2v) is 4.55. The molecule has 0 spiro atoms. The van der Waals surface area contributed by atoms with E-state index in [0.29, 0.717) is 12.5 Å². The number of carbonyl (C=O) groups excluding carboxylic acids is 1. The summed E-state index contributed by atoms with van der Waals surface area (Å²) in [7, 11) is 0. The van der Waals surface area contributed by atoms with Crippen LogP contribution in [0.1, 0.15) is 40.0 Å². The number of nitrogens with one attached hydrogen (secondary N) is 1. The van der Waals surface area contributed by atoms with Gasteiger partial charge in [0.15, 0.2) is 0 Å². The lowest BCUT2D eigenvalue weighted by Gasteiger charge is -2.14. The maximum atomic E-state index is 11.2. The molecule has 0 aliphatic rings. The third-order valence-electron chi connectivity index (χ3n) is 2.20. The first kappa shape index (κ1) is 15.9. The number of carbonyl (C=O) groups is 2. The summed E-state index contributed by atoms with van der Waals surface area (Å²) in [5.74, 6) is -0.496. The maximum absolute atomic E-state index is 11.2. The third-order valence-corrected chi connectivity index (χ3v) is 2.20. The van der Waals surface area contributed by atoms with E-state index in [0.717, 1.165) is 6.42 Å². The molecule has 1 amide bonds. The van der Waals surface area contributed by atoms with Crippen LogP contribution in [0.3, 0.4) is 0 Å². The maximum Gasteiger partial charge on any atom is 0.305 e. The molecule has 0 aromatic heterocycles. The Morgan fingerprint density at radius 2 is 1.88 bits per heavy atom. The molecule has 0 aliphatic carbocycles. The van der Waals surface area contributed by atoms with E-state index in [1.54, 1.807) is 0 Å². The van der Waals surface area contributed by atoms with Gasteiger partial charge in [0, 0.05) is 13.0 Å². The molecule has 0 rings (SSSR count). The first-order valence-electron chi connectivity index (χ1n) is 6.02. The Hall–Kier alpha value is -1.10. The van der Waals surface area contributed by atoms with Crippen LogP contribution in [0.4, 0.5) is 0 Å². The Morgan fingerprint density at radius 3 is 2.41 bits per heavy atom. The van der Waals surface area contributed by atoms with E-state index in [4.69, 9.17) is 9.84 Å². The molecule has 0 aromatic carbocycles. The molecule has 2 N–H and O–H groups in total. The zero-order valence-corrected chi connectivity index (χ0v) is 10.9. The van der Waals surface area contributed by atoms with Crippen LogP contribution in [0.2, 0.25) is 0 Å². The zero-order valence-electron chi connectivity index (χ0n) is 10.9. The van der Waals surface area contributed by atoms with Crippen LogP contribution in [0.15, 0.2) is 0 Å². The number of rotatable bonds is 9. The van der Waals surface area contributed by atoms with Gasteiger partial charge in [0.2, 0.25) is 5.91 Å². The molecule has 0 radical (unpaired) electrons. The smallest absolute Gasteiger partial charge is 0.305 e. The van der Waals surface area contributed by atoms with E-state index in [9.17, 15) is 9.59 Å². The Labute approximate surface area is 103 Å². The van der Waals surface area contributed by atoms with Crippen LogP contribution in [0.5, 0.6) is 0 Å². The Kier molecular flexibility index (Phi) is 8.40. The number of amides is 1. The van der Waals surface area contributed by atoms with Gasteiger partial charge in [0.1, 0.15) is 0 Å². The summed E-state index contributed by atoms with van der Waals surface area (Å²) in [5.41, 5.74) is 0. The largest absolute Gasteiger partial charge is 0.481 e. The monoisotopic (exact) mass is 245 g/mol. The number of hydrogen-bond acceptors (Lipinski definition) is 3. The fourth-order valence-corrected chi connectivity index (χ4v) is 1.48. The lowest BCUT2D eigenvalue weighted by atomic mass is 10.1. The molecule has 0 aliphatic heterocycles. The lowest BCUT2D eigenvalue weighted by molar-refractivity contribution is -0.136. The SMILES string of the molecule is CC(C)CC(C)OCCC(=O)NCCC(=O)O. The van der Waals surface area contributed by atoms with Crippen molar-refractivity contribution in [3.63, 3.8) is 0 Å². The number of carboxylic acid groups (broad SMARTS) is 1. The average molecular weight is 245 g/mol. The highest BCUT2D eigenvalue weighted by atomic mass is 16.5. The van der Waals surface area contributed by atoms with Gasteiger partial charge in [-0.05, 0) is 19.3 Å². The zero-order chi connectivity index (χ0) is 13.3. The topological polar surface area (TPSA) is 75.6 Å². The van der Waals surface area contributed by atoms with Gasteiger partial charge in [-0.3, -0.25) is 9.59 Å². The van der Waals surface area contributed by atoms with Crippen molar-refractivity contribution in [2.45, 2.75) is 46.1 Å². The summed E-state index contributed by atoms with van der Waals surface area (Å²) in [5, 5.41) is 10.9. The van der Waals surface area contributed by atoms with E-state index in [-0.39, 0.29) is 31.4 Å². The minimum Gasteiger partial charge on any atom is -0.481 e. The third kappa shape index (κ3) is 11.2. The summed E-state index contributed by atoms with van der Waals surface area (Å²) in [6.07, 6.45) is 1.36. The van der Waals surface area contributed by atoms with Gasteiger partial charge >= 0.3 is 5.97 Å². The van der Waals surface area contributed by atoms with Crippen molar-refractivity contribution in [3.8, 4) is 0 Å². The van der Waals surface area contributed by atoms with Gasteiger partial charge in [-0.15, -0.1) is 0 Å². The van der Waals surface area contributed by atoms with E-state index >= 15 is 0 Å². The normalized spacial score (nSPS) is 12.5. The Balaban J connectivity index is 3.47. The van der Waals surface area contributed by atoms with Crippen molar-refractivity contribution >= 4 is 11.9 Å². The Morgan fingerprint density at radius 1 is 1.24 bits per heavy atom. The number of hydrogen-bond donors (Lipinski definition) is 2. The highest BCUT2D eigenvalue weighted by Crippen LogP contribution is 2.07. The number of carboxylic acids is 1. The van der Waals surface area contributed by atoms with Crippen LogP contribution in [0, 0.1) is 5.92 Å². The molecule has 5 heteroatoms. The van der Waals surface area contributed by atoms with E-state index in [1.807, 2.05) is 6.92 Å². The van der Waals surface area contributed by atoms with Gasteiger partial charge in [-0.1, -0.05) is 13.8 Å². The second-order valence-electron chi connectivity index (χ2n) is 4.55. The highest BCUT2D eigenvalue weighted by Gasteiger charge is 2.07. The van der Waals surface area contributed by atoms with Crippen molar-refractivity contribution in [2.24, 2.45) is 5.92 Å². The first-order chi connectivity index (χ1) is 7.91. The minimum absolute atomic E-state index is 0.0453. The number of aliphatic carboxylic acids is 1. The fourth-order valence-electron chi connectivity index (χ4n) is 1.48. The van der Waals surface area contributed by atoms with Crippen molar-refractivity contribution < 1.29 is 19.4 Å². The molecule has 17 heavy (non-hydrogen) atoms. The fraction of sp³-hybridized carbons (Fsp3) is 0.833. The van der Waals surface area contributed by atoms with Crippen molar-refractivity contribution in [2.75, 3.05) is 13.2 Å².